The largest absolute Gasteiger partial charge is 0.394 e. The molecule has 0 aliphatic heterocycles. The molecule has 0 fully saturated rings. The van der Waals surface area contributed by atoms with E-state index in [0.717, 1.165) is 21.7 Å². The lowest BCUT2D eigenvalue weighted by atomic mass is 10.1. The van der Waals surface area contributed by atoms with E-state index in [1.807, 2.05) is 41.3 Å². The van der Waals surface area contributed by atoms with Gasteiger partial charge in [0.05, 0.1) is 23.4 Å². The van der Waals surface area contributed by atoms with E-state index in [1.165, 1.54) is 11.3 Å². The van der Waals surface area contributed by atoms with E-state index in [2.05, 4.69) is 22.3 Å². The van der Waals surface area contributed by atoms with E-state index >= 15 is 0 Å². The molecule has 8 nitrogen and oxygen atoms in total. The third-order valence-electron chi connectivity index (χ3n) is 5.62. The van der Waals surface area contributed by atoms with Crippen LogP contribution in [0.1, 0.15) is 40.3 Å². The smallest absolute Gasteiger partial charge is 0.271 e. The molecule has 3 N–H and O–H groups in total. The van der Waals surface area contributed by atoms with E-state index < -0.39 is 5.54 Å². The molecule has 10 heteroatoms. The van der Waals surface area contributed by atoms with Crippen molar-refractivity contribution in [2.45, 2.75) is 30.8 Å². The summed E-state index contributed by atoms with van der Waals surface area (Å²) >= 11 is 3.06. The Morgan fingerprint density at radius 1 is 1.25 bits per heavy atom. The number of hydrogen-bond acceptors (Lipinski definition) is 7. The number of carbonyl (C=O) groups is 2. The average molecular weight is 522 g/mol. The number of rotatable bonds is 9. The second-order valence-corrected chi connectivity index (χ2v) is 10.4. The number of imidazole rings is 1. The highest BCUT2D eigenvalue weighted by atomic mass is 32.2. The Hall–Kier alpha value is -3.47. The summed E-state index contributed by atoms with van der Waals surface area (Å²) in [4.78, 5) is 36.3. The molecule has 0 saturated heterocycles. The van der Waals surface area contributed by atoms with E-state index in [1.54, 1.807) is 48.3 Å². The summed E-state index contributed by atoms with van der Waals surface area (Å²) in [5, 5.41) is 19.3. The van der Waals surface area contributed by atoms with Gasteiger partial charge in [-0.3, -0.25) is 19.0 Å². The summed E-state index contributed by atoms with van der Waals surface area (Å²) in [7, 11) is 0. The minimum Gasteiger partial charge on any atom is -0.394 e. The predicted molar refractivity (Wildman–Crippen MR) is 146 cm³/mol. The second-order valence-electron chi connectivity index (χ2n) is 8.78. The van der Waals surface area contributed by atoms with Crippen LogP contribution < -0.4 is 10.6 Å². The van der Waals surface area contributed by atoms with Gasteiger partial charge >= 0.3 is 0 Å². The number of nitrogens with zero attached hydrogens (tertiary/aromatic N) is 3. The first kappa shape index (κ1) is 25.6. The van der Waals surface area contributed by atoms with Crippen molar-refractivity contribution in [3.8, 4) is 11.3 Å². The Morgan fingerprint density at radius 2 is 2.06 bits per heavy atom. The number of pyridine rings is 1. The highest BCUT2D eigenvalue weighted by Gasteiger charge is 2.27. The fourth-order valence-corrected chi connectivity index (χ4v) is 4.96. The van der Waals surface area contributed by atoms with E-state index in [9.17, 15) is 14.7 Å². The molecule has 0 radical (unpaired) electrons. The molecule has 0 spiro atoms. The Morgan fingerprint density at radius 3 is 2.72 bits per heavy atom. The van der Waals surface area contributed by atoms with Crippen LogP contribution in [0, 0.1) is 0 Å². The first-order valence-corrected chi connectivity index (χ1v) is 13.3. The van der Waals surface area contributed by atoms with Crippen molar-refractivity contribution in [2.75, 3.05) is 12.9 Å². The summed E-state index contributed by atoms with van der Waals surface area (Å²) in [6.45, 7) is 7.16. The molecule has 186 valence electrons. The molecule has 36 heavy (non-hydrogen) atoms. The molecule has 0 aliphatic carbocycles. The van der Waals surface area contributed by atoms with E-state index in [0.29, 0.717) is 29.1 Å². The van der Waals surface area contributed by atoms with Crippen molar-refractivity contribution in [3.63, 3.8) is 0 Å². The minimum atomic E-state index is -0.825. The topological polar surface area (TPSA) is 108 Å². The Bertz CT molecular complexity index is 1430. The number of hydrogen-bond donors (Lipinski definition) is 3. The van der Waals surface area contributed by atoms with Crippen LogP contribution in [-0.4, -0.2) is 51.4 Å². The number of thioether (sulfide) groups is 1. The number of aliphatic imine (C=N–C) groups is 1. The number of benzene rings is 1. The molecule has 0 aliphatic rings. The number of aliphatic hydroxyl groups is 1. The van der Waals surface area contributed by atoms with E-state index in [-0.39, 0.29) is 18.4 Å². The van der Waals surface area contributed by atoms with Gasteiger partial charge in [0.2, 0.25) is 0 Å². The Balaban J connectivity index is 1.70. The average Bonchev–Trinajstić information content (AvgIpc) is 3.54. The Labute approximate surface area is 217 Å². The molecular weight excluding hydrogens is 494 g/mol. The molecule has 1 aromatic carbocycles. The van der Waals surface area contributed by atoms with Crippen LogP contribution in [0.5, 0.6) is 0 Å². The second kappa shape index (κ2) is 10.7. The van der Waals surface area contributed by atoms with Crippen molar-refractivity contribution in [1.29, 1.82) is 0 Å². The maximum absolute atomic E-state index is 13.3. The third-order valence-corrected chi connectivity index (χ3v) is 7.07. The minimum absolute atomic E-state index is 0.223. The lowest BCUT2D eigenvalue weighted by Crippen LogP contribution is -2.46. The maximum Gasteiger partial charge on any atom is 0.271 e. The molecular formula is C26H27N5O3S2. The monoisotopic (exact) mass is 521 g/mol. The molecule has 2 amide bonds. The predicted octanol–water partition coefficient (Wildman–Crippen LogP) is 4.55. The lowest BCUT2D eigenvalue weighted by molar-refractivity contribution is 0.0863. The number of aromatic nitrogens is 2. The highest BCUT2D eigenvalue weighted by molar-refractivity contribution is 7.98. The number of fused-ring (bicyclic) bond motifs is 1. The van der Waals surface area contributed by atoms with Crippen LogP contribution in [0.15, 0.2) is 63.2 Å². The number of aliphatic hydroxyl groups excluding tert-OH is 1. The highest BCUT2D eigenvalue weighted by Crippen LogP contribution is 2.30. The molecule has 4 rings (SSSR count). The van der Waals surface area contributed by atoms with Gasteiger partial charge in [0.25, 0.3) is 11.8 Å². The fourth-order valence-electron chi connectivity index (χ4n) is 3.71. The SMILES string of the molecule is C=Nc1ccc(CNC(=O)c2cccn3c(C(=O)NC(C)(C)CO)c(-c4ccsc4)nc23)cc1SC. The normalized spacial score (nSPS) is 11.4. The quantitative estimate of drug-likeness (QED) is 0.221. The van der Waals surface area contributed by atoms with Crippen LogP contribution in [0.3, 0.4) is 0 Å². The number of carbonyl (C=O) groups excluding carboxylic acids is 2. The summed E-state index contributed by atoms with van der Waals surface area (Å²) in [5.41, 5.74) is 3.19. The van der Waals surface area contributed by atoms with Crippen LogP contribution in [0.25, 0.3) is 16.9 Å². The van der Waals surface area contributed by atoms with Gasteiger partial charge in [-0.1, -0.05) is 6.07 Å². The van der Waals surface area contributed by atoms with Crippen LogP contribution >= 0.6 is 23.1 Å². The summed E-state index contributed by atoms with van der Waals surface area (Å²) in [6.07, 6.45) is 3.67. The number of nitrogens with one attached hydrogen (secondary N) is 2. The maximum atomic E-state index is 13.3. The van der Waals surface area contributed by atoms with Gasteiger partial charge in [-0.2, -0.15) is 11.3 Å². The molecule has 0 atom stereocenters. The summed E-state index contributed by atoms with van der Waals surface area (Å²) < 4.78 is 1.63. The van der Waals surface area contributed by atoms with Crippen molar-refractivity contribution >= 4 is 53.0 Å². The Kier molecular flexibility index (Phi) is 7.58. The van der Waals surface area contributed by atoms with Gasteiger partial charge in [0.1, 0.15) is 11.4 Å². The summed E-state index contributed by atoms with van der Waals surface area (Å²) in [5.74, 6) is -0.692. The first-order chi connectivity index (χ1) is 17.3. The number of amides is 2. The zero-order chi connectivity index (χ0) is 25.9. The van der Waals surface area contributed by atoms with Crippen molar-refractivity contribution in [2.24, 2.45) is 4.99 Å². The van der Waals surface area contributed by atoms with Gasteiger partial charge < -0.3 is 15.7 Å². The molecule has 3 aromatic heterocycles. The van der Waals surface area contributed by atoms with Crippen molar-refractivity contribution in [3.05, 3.63) is 70.2 Å². The van der Waals surface area contributed by atoms with Gasteiger partial charge in [-0.05, 0) is 68.1 Å². The fraction of sp³-hybridized carbons (Fsp3) is 0.231. The van der Waals surface area contributed by atoms with Crippen molar-refractivity contribution < 1.29 is 14.7 Å². The molecule has 0 unspecified atom stereocenters. The van der Waals surface area contributed by atoms with Crippen LogP contribution in [0.4, 0.5) is 5.69 Å². The van der Waals surface area contributed by atoms with Crippen molar-refractivity contribution in [1.82, 2.24) is 20.0 Å². The molecule has 0 saturated carbocycles. The zero-order valence-corrected chi connectivity index (χ0v) is 21.9. The third kappa shape index (κ3) is 5.20. The standard InChI is InChI=1S/C26H27N5O3S2/c1-26(2,15-32)30-25(34)22-21(17-9-11-36-14-17)29-23-18(6-5-10-31(22)23)24(33)28-13-16-7-8-19(27-3)20(12-16)35-4/h5-12,14,32H,3,13,15H2,1-2,4H3,(H,28,33)(H,30,34). The molecule has 4 aromatic rings. The zero-order valence-electron chi connectivity index (χ0n) is 20.2. The number of thiophene rings is 1. The van der Waals surface area contributed by atoms with E-state index in [4.69, 9.17) is 4.98 Å². The van der Waals surface area contributed by atoms with Crippen LogP contribution in [-0.2, 0) is 6.54 Å². The lowest BCUT2D eigenvalue weighted by Gasteiger charge is -2.23. The molecule has 3 heterocycles. The van der Waals surface area contributed by atoms with Gasteiger partial charge in [0, 0.05) is 28.6 Å². The summed E-state index contributed by atoms with van der Waals surface area (Å²) in [6, 6.07) is 11.0. The van der Waals surface area contributed by atoms with Gasteiger partial charge in [-0.25, -0.2) is 4.98 Å². The molecule has 0 bridgehead atoms. The van der Waals surface area contributed by atoms with Crippen LogP contribution in [0.2, 0.25) is 0 Å². The first-order valence-electron chi connectivity index (χ1n) is 11.2. The van der Waals surface area contributed by atoms with Gasteiger partial charge in [0.15, 0.2) is 5.65 Å². The van der Waals surface area contributed by atoms with Gasteiger partial charge in [-0.15, -0.1) is 11.8 Å².